The van der Waals surface area contributed by atoms with E-state index in [-0.39, 0.29) is 23.9 Å². The second-order valence-electron chi connectivity index (χ2n) is 5.51. The lowest BCUT2D eigenvalue weighted by Gasteiger charge is -2.18. The molecule has 2 aliphatic heterocycles. The Kier molecular flexibility index (Phi) is 3.23. The van der Waals surface area contributed by atoms with E-state index in [9.17, 15) is 9.59 Å². The molecule has 0 aromatic heterocycles. The molecule has 4 atom stereocenters. The molecule has 6 heteroatoms. The molecule has 18 heavy (non-hydrogen) atoms. The molecular weight excluding hydrogens is 250 g/mol. The number of nitrogens with zero attached hydrogens (tertiary/aromatic N) is 1. The standard InChI is InChI=1S/C12H19N3O2S/c1-7-2-10(7)15-4-8(3-11(15)16)14-12(17)9-5-18-6-13-9/h7-10,13H,2-6H2,1H3,(H,14,17)/t7-,8+,9-,10+/m1/s1. The van der Waals surface area contributed by atoms with Gasteiger partial charge in [0, 0.05) is 30.6 Å². The van der Waals surface area contributed by atoms with Crippen molar-refractivity contribution in [3.05, 3.63) is 0 Å². The topological polar surface area (TPSA) is 61.4 Å². The van der Waals surface area contributed by atoms with Gasteiger partial charge in [0.05, 0.1) is 12.1 Å². The molecule has 0 spiro atoms. The summed E-state index contributed by atoms with van der Waals surface area (Å²) in [6.45, 7) is 2.86. The third-order valence-electron chi connectivity index (χ3n) is 4.00. The number of thioether (sulfide) groups is 1. The summed E-state index contributed by atoms with van der Waals surface area (Å²) < 4.78 is 0. The summed E-state index contributed by atoms with van der Waals surface area (Å²) in [5.41, 5.74) is 0. The molecule has 0 aromatic rings. The van der Waals surface area contributed by atoms with Crippen LogP contribution in [0.5, 0.6) is 0 Å². The molecule has 3 rings (SSSR count). The minimum Gasteiger partial charge on any atom is -0.350 e. The van der Waals surface area contributed by atoms with Gasteiger partial charge in [-0.3, -0.25) is 14.9 Å². The number of amides is 2. The van der Waals surface area contributed by atoms with Gasteiger partial charge in [0.1, 0.15) is 0 Å². The highest BCUT2D eigenvalue weighted by Gasteiger charge is 2.45. The predicted octanol–water partition coefficient (Wildman–Crippen LogP) is -0.226. The monoisotopic (exact) mass is 269 g/mol. The molecule has 2 saturated heterocycles. The van der Waals surface area contributed by atoms with Crippen molar-refractivity contribution < 1.29 is 9.59 Å². The van der Waals surface area contributed by atoms with Crippen molar-refractivity contribution in [3.63, 3.8) is 0 Å². The molecule has 2 heterocycles. The molecule has 0 aromatic carbocycles. The number of rotatable bonds is 3. The first-order valence-electron chi connectivity index (χ1n) is 6.56. The first kappa shape index (κ1) is 12.3. The van der Waals surface area contributed by atoms with Crippen LogP contribution in [0, 0.1) is 5.92 Å². The number of nitrogens with one attached hydrogen (secondary N) is 2. The lowest BCUT2D eigenvalue weighted by molar-refractivity contribution is -0.128. The molecule has 1 aliphatic carbocycles. The van der Waals surface area contributed by atoms with Crippen LogP contribution in [0.1, 0.15) is 19.8 Å². The maximum atomic E-state index is 11.9. The number of carbonyl (C=O) groups excluding carboxylic acids is 2. The largest absolute Gasteiger partial charge is 0.350 e. The molecule has 3 fully saturated rings. The second-order valence-corrected chi connectivity index (χ2v) is 6.54. The van der Waals surface area contributed by atoms with Crippen LogP contribution < -0.4 is 10.6 Å². The van der Waals surface area contributed by atoms with Gasteiger partial charge in [-0.15, -0.1) is 11.8 Å². The SMILES string of the molecule is C[C@@H]1C[C@@H]1N1C[C@@H](NC(=O)[C@H]2CSCN2)CC1=O. The van der Waals surface area contributed by atoms with Crippen molar-refractivity contribution in [3.8, 4) is 0 Å². The van der Waals surface area contributed by atoms with Crippen molar-refractivity contribution in [2.45, 2.75) is 37.9 Å². The normalized spacial score (nSPS) is 39.2. The van der Waals surface area contributed by atoms with E-state index in [0.717, 1.165) is 18.1 Å². The van der Waals surface area contributed by atoms with E-state index in [2.05, 4.69) is 17.6 Å². The van der Waals surface area contributed by atoms with E-state index in [0.29, 0.717) is 24.9 Å². The van der Waals surface area contributed by atoms with E-state index in [1.54, 1.807) is 11.8 Å². The zero-order valence-electron chi connectivity index (χ0n) is 10.5. The average molecular weight is 269 g/mol. The minimum absolute atomic E-state index is 0.00481. The summed E-state index contributed by atoms with van der Waals surface area (Å²) in [5, 5.41) is 6.15. The van der Waals surface area contributed by atoms with Crippen LogP contribution in [-0.4, -0.2) is 53.0 Å². The van der Waals surface area contributed by atoms with E-state index in [1.165, 1.54) is 0 Å². The molecule has 3 aliphatic rings. The van der Waals surface area contributed by atoms with E-state index >= 15 is 0 Å². The lowest BCUT2D eigenvalue weighted by Crippen LogP contribution is -2.47. The molecular formula is C12H19N3O2S. The average Bonchev–Trinajstić information content (AvgIpc) is 2.80. The Hall–Kier alpha value is -0.750. The van der Waals surface area contributed by atoms with Gasteiger partial charge in [0.15, 0.2) is 0 Å². The Balaban J connectivity index is 1.52. The Morgan fingerprint density at radius 1 is 1.56 bits per heavy atom. The first-order chi connectivity index (χ1) is 8.65. The third-order valence-corrected chi connectivity index (χ3v) is 4.94. The quantitative estimate of drug-likeness (QED) is 0.743. The van der Waals surface area contributed by atoms with Gasteiger partial charge in [-0.05, 0) is 12.3 Å². The zero-order valence-corrected chi connectivity index (χ0v) is 11.3. The van der Waals surface area contributed by atoms with Crippen LogP contribution in [0.15, 0.2) is 0 Å². The van der Waals surface area contributed by atoms with Gasteiger partial charge in [0.2, 0.25) is 11.8 Å². The van der Waals surface area contributed by atoms with Gasteiger partial charge < -0.3 is 10.2 Å². The zero-order chi connectivity index (χ0) is 12.7. The molecule has 2 N–H and O–H groups in total. The van der Waals surface area contributed by atoms with E-state index in [4.69, 9.17) is 0 Å². The van der Waals surface area contributed by atoms with E-state index in [1.807, 2.05) is 4.90 Å². The van der Waals surface area contributed by atoms with Gasteiger partial charge in [0.25, 0.3) is 0 Å². The van der Waals surface area contributed by atoms with Crippen LogP contribution in [0.4, 0.5) is 0 Å². The maximum absolute atomic E-state index is 11.9. The Bertz CT molecular complexity index is 370. The highest BCUT2D eigenvalue weighted by atomic mass is 32.2. The fraction of sp³-hybridized carbons (Fsp3) is 0.833. The molecule has 0 bridgehead atoms. The van der Waals surface area contributed by atoms with Crippen LogP contribution in [0.2, 0.25) is 0 Å². The van der Waals surface area contributed by atoms with Gasteiger partial charge in [-0.25, -0.2) is 0 Å². The minimum atomic E-state index is -0.0843. The van der Waals surface area contributed by atoms with Crippen LogP contribution >= 0.6 is 11.8 Å². The summed E-state index contributed by atoms with van der Waals surface area (Å²) in [6, 6.07) is 0.351. The highest BCUT2D eigenvalue weighted by molar-refractivity contribution is 7.99. The van der Waals surface area contributed by atoms with Gasteiger partial charge in [-0.1, -0.05) is 6.92 Å². The van der Waals surface area contributed by atoms with Crippen molar-refractivity contribution in [2.24, 2.45) is 5.92 Å². The number of carbonyl (C=O) groups is 2. The lowest BCUT2D eigenvalue weighted by atomic mass is 10.2. The van der Waals surface area contributed by atoms with Gasteiger partial charge >= 0.3 is 0 Å². The summed E-state index contributed by atoms with van der Waals surface area (Å²) in [5.74, 6) is 2.55. The summed E-state index contributed by atoms with van der Waals surface area (Å²) in [7, 11) is 0. The van der Waals surface area contributed by atoms with E-state index < -0.39 is 0 Å². The molecule has 2 amide bonds. The van der Waals surface area contributed by atoms with Crippen LogP contribution in [0.3, 0.4) is 0 Å². The maximum Gasteiger partial charge on any atom is 0.238 e. The summed E-state index contributed by atoms with van der Waals surface area (Å²) in [4.78, 5) is 25.8. The summed E-state index contributed by atoms with van der Waals surface area (Å²) in [6.07, 6.45) is 1.59. The fourth-order valence-corrected chi connectivity index (χ4v) is 3.69. The van der Waals surface area contributed by atoms with Crippen molar-refractivity contribution in [1.29, 1.82) is 0 Å². The smallest absolute Gasteiger partial charge is 0.238 e. The predicted molar refractivity (Wildman–Crippen MR) is 70.1 cm³/mol. The van der Waals surface area contributed by atoms with Crippen LogP contribution in [-0.2, 0) is 9.59 Å². The van der Waals surface area contributed by atoms with Crippen molar-refractivity contribution >= 4 is 23.6 Å². The molecule has 5 nitrogen and oxygen atoms in total. The Morgan fingerprint density at radius 2 is 2.33 bits per heavy atom. The number of hydrogen-bond acceptors (Lipinski definition) is 4. The summed E-state index contributed by atoms with van der Waals surface area (Å²) >= 11 is 1.74. The molecule has 100 valence electrons. The van der Waals surface area contributed by atoms with Crippen molar-refractivity contribution in [1.82, 2.24) is 15.5 Å². The Labute approximate surface area is 111 Å². The van der Waals surface area contributed by atoms with Crippen molar-refractivity contribution in [2.75, 3.05) is 18.2 Å². The first-order valence-corrected chi connectivity index (χ1v) is 7.71. The Morgan fingerprint density at radius 3 is 2.94 bits per heavy atom. The fourth-order valence-electron chi connectivity index (χ4n) is 2.75. The molecule has 0 unspecified atom stereocenters. The third kappa shape index (κ3) is 2.36. The van der Waals surface area contributed by atoms with Gasteiger partial charge in [-0.2, -0.15) is 0 Å². The number of hydrogen-bond donors (Lipinski definition) is 2. The molecule has 0 radical (unpaired) electrons. The second kappa shape index (κ2) is 4.74. The highest BCUT2D eigenvalue weighted by Crippen LogP contribution is 2.37. The van der Waals surface area contributed by atoms with Crippen LogP contribution in [0.25, 0.3) is 0 Å². The number of likely N-dealkylation sites (tertiary alicyclic amines) is 1. The molecule has 1 saturated carbocycles.